The molecule has 19 heavy (non-hydrogen) atoms. The maximum atomic E-state index is 11.8. The second kappa shape index (κ2) is 6.56. The van der Waals surface area contributed by atoms with Gasteiger partial charge < -0.3 is 15.7 Å². The van der Waals surface area contributed by atoms with Crippen LogP contribution >= 0.6 is 15.9 Å². The van der Waals surface area contributed by atoms with Gasteiger partial charge in [0.1, 0.15) is 6.04 Å². The van der Waals surface area contributed by atoms with Gasteiger partial charge in [-0.15, -0.1) is 0 Å². The van der Waals surface area contributed by atoms with Crippen LogP contribution in [0.1, 0.15) is 19.4 Å². The first kappa shape index (κ1) is 15.5. The van der Waals surface area contributed by atoms with Crippen LogP contribution in [-0.2, 0) is 4.79 Å². The number of carboxylic acids is 1. The van der Waals surface area contributed by atoms with Crippen molar-refractivity contribution in [2.75, 3.05) is 5.32 Å². The summed E-state index contributed by atoms with van der Waals surface area (Å²) in [4.78, 5) is 22.7. The van der Waals surface area contributed by atoms with Crippen LogP contribution in [0.15, 0.2) is 22.7 Å². The van der Waals surface area contributed by atoms with Gasteiger partial charge in [0.25, 0.3) is 0 Å². The Labute approximate surface area is 120 Å². The number of urea groups is 1. The molecule has 6 heteroatoms. The summed E-state index contributed by atoms with van der Waals surface area (Å²) in [6, 6.07) is 4.02. The van der Waals surface area contributed by atoms with E-state index >= 15 is 0 Å². The number of carbonyl (C=O) groups is 2. The number of carboxylic acid groups (broad SMARTS) is 1. The SMILES string of the molecule is Cc1cc(Br)cc(NC(=O)NC(C(=O)O)C(C)C)c1. The van der Waals surface area contributed by atoms with Crippen molar-refractivity contribution in [1.29, 1.82) is 0 Å². The summed E-state index contributed by atoms with van der Waals surface area (Å²) in [5.74, 6) is -1.23. The molecular weight excluding hydrogens is 312 g/mol. The number of benzene rings is 1. The van der Waals surface area contributed by atoms with E-state index in [1.165, 1.54) is 0 Å². The number of hydrogen-bond acceptors (Lipinski definition) is 2. The topological polar surface area (TPSA) is 78.4 Å². The Morgan fingerprint density at radius 3 is 2.37 bits per heavy atom. The lowest BCUT2D eigenvalue weighted by Crippen LogP contribution is -2.46. The van der Waals surface area contributed by atoms with Gasteiger partial charge in [-0.1, -0.05) is 29.8 Å². The fourth-order valence-electron chi connectivity index (χ4n) is 1.63. The minimum atomic E-state index is -1.05. The van der Waals surface area contributed by atoms with E-state index in [1.807, 2.05) is 13.0 Å². The zero-order chi connectivity index (χ0) is 14.6. The van der Waals surface area contributed by atoms with Gasteiger partial charge in [0, 0.05) is 10.2 Å². The number of carbonyl (C=O) groups excluding carboxylic acids is 1. The summed E-state index contributed by atoms with van der Waals surface area (Å²) >= 11 is 3.33. The molecule has 0 saturated heterocycles. The number of halogens is 1. The predicted molar refractivity (Wildman–Crippen MR) is 77.3 cm³/mol. The number of rotatable bonds is 4. The Kier molecular flexibility index (Phi) is 5.35. The van der Waals surface area contributed by atoms with Gasteiger partial charge >= 0.3 is 12.0 Å². The van der Waals surface area contributed by atoms with E-state index in [0.717, 1.165) is 10.0 Å². The van der Waals surface area contributed by atoms with Crippen LogP contribution in [0.3, 0.4) is 0 Å². The van der Waals surface area contributed by atoms with Crippen LogP contribution in [0.2, 0.25) is 0 Å². The van der Waals surface area contributed by atoms with Crippen molar-refractivity contribution in [1.82, 2.24) is 5.32 Å². The molecular formula is C13H17BrN2O3. The van der Waals surface area contributed by atoms with Crippen molar-refractivity contribution in [2.24, 2.45) is 5.92 Å². The van der Waals surface area contributed by atoms with Gasteiger partial charge in [0.05, 0.1) is 0 Å². The third kappa shape index (κ3) is 4.90. The first-order valence-corrected chi connectivity index (χ1v) is 6.66. The molecule has 1 rings (SSSR count). The van der Waals surface area contributed by atoms with Crippen molar-refractivity contribution >= 4 is 33.6 Å². The molecule has 0 heterocycles. The zero-order valence-corrected chi connectivity index (χ0v) is 12.6. The fraction of sp³-hybridized carbons (Fsp3) is 0.385. The lowest BCUT2D eigenvalue weighted by atomic mass is 10.1. The Morgan fingerprint density at radius 2 is 1.89 bits per heavy atom. The van der Waals surface area contributed by atoms with Gasteiger partial charge in [0.15, 0.2) is 0 Å². The molecule has 0 aromatic heterocycles. The van der Waals surface area contributed by atoms with Crippen molar-refractivity contribution in [3.63, 3.8) is 0 Å². The third-order valence-electron chi connectivity index (χ3n) is 2.52. The molecule has 0 aliphatic heterocycles. The van der Waals surface area contributed by atoms with E-state index < -0.39 is 18.0 Å². The standard InChI is InChI=1S/C13H17BrN2O3/c1-7(2)11(12(17)18)16-13(19)15-10-5-8(3)4-9(14)6-10/h4-7,11H,1-3H3,(H,17,18)(H2,15,16,19). The zero-order valence-electron chi connectivity index (χ0n) is 11.0. The largest absolute Gasteiger partial charge is 0.480 e. The van der Waals surface area contributed by atoms with Gasteiger partial charge in [-0.05, 0) is 36.6 Å². The van der Waals surface area contributed by atoms with Crippen LogP contribution in [0.4, 0.5) is 10.5 Å². The van der Waals surface area contributed by atoms with E-state index in [1.54, 1.807) is 26.0 Å². The Morgan fingerprint density at radius 1 is 1.26 bits per heavy atom. The summed E-state index contributed by atoms with van der Waals surface area (Å²) in [5, 5.41) is 14.1. The molecule has 0 radical (unpaired) electrons. The Balaban J connectivity index is 2.71. The van der Waals surface area contributed by atoms with E-state index in [0.29, 0.717) is 5.69 Å². The molecule has 0 aliphatic rings. The molecule has 2 amide bonds. The summed E-state index contributed by atoms with van der Waals surface area (Å²) in [7, 11) is 0. The maximum absolute atomic E-state index is 11.8. The summed E-state index contributed by atoms with van der Waals surface area (Å²) in [6.07, 6.45) is 0. The average Bonchev–Trinajstić information content (AvgIpc) is 2.23. The number of aliphatic carboxylic acids is 1. The lowest BCUT2D eigenvalue weighted by molar-refractivity contribution is -0.140. The van der Waals surface area contributed by atoms with E-state index in [-0.39, 0.29) is 5.92 Å². The lowest BCUT2D eigenvalue weighted by Gasteiger charge is -2.18. The molecule has 5 nitrogen and oxygen atoms in total. The molecule has 1 unspecified atom stereocenters. The monoisotopic (exact) mass is 328 g/mol. The van der Waals surface area contributed by atoms with Crippen LogP contribution in [-0.4, -0.2) is 23.1 Å². The highest BCUT2D eigenvalue weighted by atomic mass is 79.9. The van der Waals surface area contributed by atoms with Crippen molar-refractivity contribution in [3.8, 4) is 0 Å². The van der Waals surface area contributed by atoms with Gasteiger partial charge in [-0.3, -0.25) is 0 Å². The number of anilines is 1. The number of amides is 2. The number of aryl methyl sites for hydroxylation is 1. The summed E-state index contributed by atoms with van der Waals surface area (Å²) < 4.78 is 0.849. The minimum absolute atomic E-state index is 0.188. The number of nitrogens with one attached hydrogen (secondary N) is 2. The first-order valence-electron chi connectivity index (χ1n) is 5.87. The third-order valence-corrected chi connectivity index (χ3v) is 2.98. The minimum Gasteiger partial charge on any atom is -0.480 e. The van der Waals surface area contributed by atoms with Crippen molar-refractivity contribution in [2.45, 2.75) is 26.8 Å². The highest BCUT2D eigenvalue weighted by molar-refractivity contribution is 9.10. The van der Waals surface area contributed by atoms with E-state index in [9.17, 15) is 9.59 Å². The van der Waals surface area contributed by atoms with E-state index in [2.05, 4.69) is 26.6 Å². The highest BCUT2D eigenvalue weighted by Gasteiger charge is 2.23. The molecule has 104 valence electrons. The van der Waals surface area contributed by atoms with Crippen molar-refractivity contribution < 1.29 is 14.7 Å². The van der Waals surface area contributed by atoms with Crippen molar-refractivity contribution in [3.05, 3.63) is 28.2 Å². The molecule has 0 bridgehead atoms. The van der Waals surface area contributed by atoms with Crippen LogP contribution in [0.5, 0.6) is 0 Å². The molecule has 3 N–H and O–H groups in total. The normalized spacial score (nSPS) is 12.1. The quantitative estimate of drug-likeness (QED) is 0.795. The molecule has 1 aromatic carbocycles. The van der Waals surface area contributed by atoms with Crippen LogP contribution < -0.4 is 10.6 Å². The second-order valence-corrected chi connectivity index (χ2v) is 5.59. The molecule has 0 saturated carbocycles. The Hall–Kier alpha value is -1.56. The summed E-state index contributed by atoms with van der Waals surface area (Å²) in [5.41, 5.74) is 1.60. The molecule has 0 spiro atoms. The Bertz CT molecular complexity index is 469. The average molecular weight is 329 g/mol. The van der Waals surface area contributed by atoms with Gasteiger partial charge in [-0.25, -0.2) is 9.59 Å². The fourth-order valence-corrected chi connectivity index (χ4v) is 2.24. The molecule has 1 aromatic rings. The molecule has 0 aliphatic carbocycles. The maximum Gasteiger partial charge on any atom is 0.326 e. The van der Waals surface area contributed by atoms with E-state index in [4.69, 9.17) is 5.11 Å². The predicted octanol–water partition coefficient (Wildman–Crippen LogP) is 2.99. The van der Waals surface area contributed by atoms with Gasteiger partial charge in [0.2, 0.25) is 0 Å². The second-order valence-electron chi connectivity index (χ2n) is 4.68. The van der Waals surface area contributed by atoms with Crippen LogP contribution in [0.25, 0.3) is 0 Å². The van der Waals surface area contributed by atoms with Gasteiger partial charge in [-0.2, -0.15) is 0 Å². The smallest absolute Gasteiger partial charge is 0.326 e. The summed E-state index contributed by atoms with van der Waals surface area (Å²) in [6.45, 7) is 5.38. The molecule has 0 fully saturated rings. The highest BCUT2D eigenvalue weighted by Crippen LogP contribution is 2.19. The van der Waals surface area contributed by atoms with Crippen LogP contribution in [0, 0.1) is 12.8 Å². The number of hydrogen-bond donors (Lipinski definition) is 3. The first-order chi connectivity index (χ1) is 8.79. The molecule has 1 atom stereocenters.